The van der Waals surface area contributed by atoms with Crippen molar-refractivity contribution in [2.75, 3.05) is 0 Å². The zero-order valence-electron chi connectivity index (χ0n) is 31.2. The van der Waals surface area contributed by atoms with Crippen molar-refractivity contribution < 1.29 is 0 Å². The third-order valence-corrected chi connectivity index (χ3v) is 13.0. The highest BCUT2D eigenvalue weighted by Crippen LogP contribution is 2.60. The molecule has 270 valence electrons. The first-order chi connectivity index (χ1) is 28.7. The molecule has 1 unspecified atom stereocenters. The van der Waals surface area contributed by atoms with E-state index in [1.54, 1.807) is 6.20 Å². The summed E-state index contributed by atoms with van der Waals surface area (Å²) in [4.78, 5) is 19.6. The first kappa shape index (κ1) is 32.9. The molecule has 2 aliphatic rings. The van der Waals surface area contributed by atoms with E-state index in [4.69, 9.17) is 15.0 Å². The second-order valence-corrected chi connectivity index (χ2v) is 16.1. The molecule has 0 radical (unpaired) electrons. The molecule has 0 fully saturated rings. The van der Waals surface area contributed by atoms with Crippen molar-refractivity contribution in [3.8, 4) is 56.3 Å². The van der Waals surface area contributed by atoms with Crippen molar-refractivity contribution in [3.05, 3.63) is 216 Å². The third kappa shape index (κ3) is 4.93. The lowest BCUT2D eigenvalue weighted by Crippen LogP contribution is -2.30. The number of hydrogen-bond acceptors (Lipinski definition) is 5. The summed E-state index contributed by atoms with van der Waals surface area (Å²) in [7, 11) is 0. The Morgan fingerprint density at radius 2 is 1.16 bits per heavy atom. The minimum absolute atomic E-state index is 0.577. The highest BCUT2D eigenvalue weighted by Gasteiger charge is 2.49. The quantitative estimate of drug-likeness (QED) is 0.179. The molecule has 0 amide bonds. The monoisotopic (exact) mass is 756 g/mol. The smallest absolute Gasteiger partial charge is 0.161 e. The maximum Gasteiger partial charge on any atom is 0.161 e. The molecule has 4 heterocycles. The largest absolute Gasteiger partial charge is 0.264 e. The van der Waals surface area contributed by atoms with E-state index in [1.807, 2.05) is 48.0 Å². The van der Waals surface area contributed by atoms with E-state index in [2.05, 4.69) is 157 Å². The average molecular weight is 757 g/mol. The van der Waals surface area contributed by atoms with Crippen molar-refractivity contribution in [1.29, 1.82) is 0 Å². The normalized spacial score (nSPS) is 14.9. The van der Waals surface area contributed by atoms with Gasteiger partial charge in [-0.2, -0.15) is 0 Å². The highest BCUT2D eigenvalue weighted by atomic mass is 32.1. The predicted octanol–water partition coefficient (Wildman–Crippen LogP) is 13.1. The van der Waals surface area contributed by atoms with Crippen molar-refractivity contribution in [2.24, 2.45) is 0 Å². The molecule has 0 aliphatic heterocycles. The van der Waals surface area contributed by atoms with E-state index in [-0.39, 0.29) is 0 Å². The molecule has 4 nitrogen and oxygen atoms in total. The lowest BCUT2D eigenvalue weighted by Gasteiger charge is -2.35. The molecule has 6 aromatic carbocycles. The number of pyridine rings is 2. The van der Waals surface area contributed by atoms with E-state index in [1.165, 1.54) is 64.7 Å². The molecule has 4 aromatic heterocycles. The van der Waals surface area contributed by atoms with Gasteiger partial charge in [-0.25, -0.2) is 9.97 Å². The zero-order chi connectivity index (χ0) is 38.2. The number of nitrogens with zero attached hydrogens (tertiary/aromatic N) is 4. The number of fused-ring (bicyclic) bond motifs is 12. The van der Waals surface area contributed by atoms with Crippen LogP contribution in [0.15, 0.2) is 182 Å². The van der Waals surface area contributed by atoms with Gasteiger partial charge in [-0.05, 0) is 99.1 Å². The van der Waals surface area contributed by atoms with Crippen molar-refractivity contribution in [1.82, 2.24) is 19.9 Å². The second kappa shape index (κ2) is 12.8. The molecule has 1 atom stereocenters. The third-order valence-electron chi connectivity index (χ3n) is 11.9. The SMILES string of the molecule is C1=Cc2ccc(-c3cc(-c4ccccc4)nc(-c4ccc(-c5cccnc5)nc4)n3)cc2C2(c3ccccc31)c1ccccc1-c1cc3c(cc12)sc1ccccc13. The topological polar surface area (TPSA) is 51.6 Å². The van der Waals surface area contributed by atoms with E-state index in [9.17, 15) is 0 Å². The van der Waals surface area contributed by atoms with Crippen molar-refractivity contribution in [2.45, 2.75) is 5.41 Å². The number of benzene rings is 6. The van der Waals surface area contributed by atoms with Crippen LogP contribution >= 0.6 is 11.3 Å². The Morgan fingerprint density at radius 1 is 0.414 bits per heavy atom. The van der Waals surface area contributed by atoms with Gasteiger partial charge in [0.15, 0.2) is 5.82 Å². The Balaban J connectivity index is 1.11. The van der Waals surface area contributed by atoms with Crippen LogP contribution in [0.3, 0.4) is 0 Å². The Labute approximate surface area is 339 Å². The van der Waals surface area contributed by atoms with Crippen LogP contribution in [0.2, 0.25) is 0 Å². The first-order valence-electron chi connectivity index (χ1n) is 19.5. The summed E-state index contributed by atoms with van der Waals surface area (Å²) in [6, 6.07) is 59.1. The van der Waals surface area contributed by atoms with Crippen LogP contribution in [0.4, 0.5) is 0 Å². The summed E-state index contributed by atoms with van der Waals surface area (Å²) in [6.45, 7) is 0. The van der Waals surface area contributed by atoms with Gasteiger partial charge in [-0.15, -0.1) is 11.3 Å². The Bertz CT molecular complexity index is 3280. The first-order valence-corrected chi connectivity index (χ1v) is 20.3. The zero-order valence-corrected chi connectivity index (χ0v) is 32.0. The van der Waals surface area contributed by atoms with Gasteiger partial charge >= 0.3 is 0 Å². The van der Waals surface area contributed by atoms with Crippen LogP contribution in [0.25, 0.3) is 88.6 Å². The summed E-state index contributed by atoms with van der Waals surface area (Å²) >= 11 is 1.88. The number of thiophene rings is 1. The molecule has 10 aromatic rings. The summed E-state index contributed by atoms with van der Waals surface area (Å²) in [5.41, 5.74) is 16.0. The highest BCUT2D eigenvalue weighted by molar-refractivity contribution is 7.25. The van der Waals surface area contributed by atoms with Crippen LogP contribution in [0.5, 0.6) is 0 Å². The van der Waals surface area contributed by atoms with Gasteiger partial charge in [-0.1, -0.05) is 121 Å². The molecule has 0 saturated carbocycles. The van der Waals surface area contributed by atoms with E-state index < -0.39 is 5.41 Å². The molecular formula is C53H32N4S. The molecule has 1 spiro atoms. The summed E-state index contributed by atoms with van der Waals surface area (Å²) in [5.74, 6) is 0.625. The fraction of sp³-hybridized carbons (Fsp3) is 0.0189. The van der Waals surface area contributed by atoms with Crippen molar-refractivity contribution in [3.63, 3.8) is 0 Å². The lowest BCUT2D eigenvalue weighted by atomic mass is 9.65. The number of hydrogen-bond donors (Lipinski definition) is 0. The molecule has 58 heavy (non-hydrogen) atoms. The lowest BCUT2D eigenvalue weighted by molar-refractivity contribution is 0.768. The molecule has 2 aliphatic carbocycles. The Hall–Kier alpha value is -7.34. The van der Waals surface area contributed by atoms with Gasteiger partial charge in [0.05, 0.1) is 22.5 Å². The minimum atomic E-state index is -0.577. The molecule has 12 rings (SSSR count). The molecule has 5 heteroatoms. The molecule has 0 N–H and O–H groups in total. The van der Waals surface area contributed by atoms with E-state index in [0.29, 0.717) is 5.82 Å². The van der Waals surface area contributed by atoms with Gasteiger partial charge in [0, 0.05) is 61.0 Å². The van der Waals surface area contributed by atoms with Gasteiger partial charge in [0.1, 0.15) is 0 Å². The maximum atomic E-state index is 5.31. The fourth-order valence-electron chi connectivity index (χ4n) is 9.26. The fourth-order valence-corrected chi connectivity index (χ4v) is 10.4. The Kier molecular flexibility index (Phi) is 7.28. The van der Waals surface area contributed by atoms with Crippen LogP contribution in [0.1, 0.15) is 33.4 Å². The summed E-state index contributed by atoms with van der Waals surface area (Å²) in [5, 5.41) is 2.62. The van der Waals surface area contributed by atoms with Gasteiger partial charge in [-0.3, -0.25) is 9.97 Å². The van der Waals surface area contributed by atoms with E-state index >= 15 is 0 Å². The van der Waals surface area contributed by atoms with Crippen LogP contribution in [-0.2, 0) is 5.41 Å². The molecule has 0 saturated heterocycles. The van der Waals surface area contributed by atoms with Crippen molar-refractivity contribution >= 4 is 43.7 Å². The number of aromatic nitrogens is 4. The Morgan fingerprint density at radius 3 is 2.00 bits per heavy atom. The minimum Gasteiger partial charge on any atom is -0.264 e. The summed E-state index contributed by atoms with van der Waals surface area (Å²) in [6.07, 6.45) is 10.1. The van der Waals surface area contributed by atoms with Gasteiger partial charge in [0.25, 0.3) is 0 Å². The standard InChI is InChI=1S/C53H32N4S/c1-2-12-35(13-3-1)48-30-49(57-52(56-48)38-24-25-47(55-32-38)37-14-10-26-54-31-37)36-23-22-34-21-20-33-11-4-7-17-43(33)53(45(34)27-36)44-18-8-5-15-39(44)41-28-42-40-16-6-9-19-50(40)58-51(42)29-46(41)53/h1-32H. The second-order valence-electron chi connectivity index (χ2n) is 15.0. The number of rotatable bonds is 4. The van der Waals surface area contributed by atoms with Gasteiger partial charge < -0.3 is 0 Å². The predicted molar refractivity (Wildman–Crippen MR) is 238 cm³/mol. The van der Waals surface area contributed by atoms with Gasteiger partial charge in [0.2, 0.25) is 0 Å². The maximum absolute atomic E-state index is 5.31. The average Bonchev–Trinajstić information content (AvgIpc) is 3.75. The van der Waals surface area contributed by atoms with E-state index in [0.717, 1.165) is 39.3 Å². The van der Waals surface area contributed by atoms with Crippen LogP contribution < -0.4 is 0 Å². The van der Waals surface area contributed by atoms with Crippen LogP contribution in [-0.4, -0.2) is 19.9 Å². The molecular weight excluding hydrogens is 725 g/mol. The van der Waals surface area contributed by atoms with Crippen LogP contribution in [0, 0.1) is 0 Å². The summed E-state index contributed by atoms with van der Waals surface area (Å²) < 4.78 is 2.61. The molecule has 0 bridgehead atoms.